The summed E-state index contributed by atoms with van der Waals surface area (Å²) in [6, 6.07) is 14.8. The van der Waals surface area contributed by atoms with Gasteiger partial charge in [0, 0.05) is 11.6 Å². The summed E-state index contributed by atoms with van der Waals surface area (Å²) in [5.41, 5.74) is 0.502. The van der Waals surface area contributed by atoms with Crippen LogP contribution in [0.2, 0.25) is 0 Å². The van der Waals surface area contributed by atoms with Crippen LogP contribution in [0.5, 0.6) is 11.5 Å². The Morgan fingerprint density at radius 2 is 1.68 bits per heavy atom. The van der Waals surface area contributed by atoms with E-state index in [0.717, 1.165) is 5.39 Å². The number of nitrogens with zero attached hydrogens (tertiary/aromatic N) is 1. The summed E-state index contributed by atoms with van der Waals surface area (Å²) in [5, 5.41) is 0.810. The van der Waals surface area contributed by atoms with Crippen molar-refractivity contribution in [3.8, 4) is 11.5 Å². The Labute approximate surface area is 128 Å². The Morgan fingerprint density at radius 3 is 2.41 bits per heavy atom. The summed E-state index contributed by atoms with van der Waals surface area (Å²) in [5.74, 6) is 0.777. The molecule has 0 N–H and O–H groups in total. The largest absolute Gasteiger partial charge is 0.497 e. The summed E-state index contributed by atoms with van der Waals surface area (Å²) in [6.45, 7) is 0. The van der Waals surface area contributed by atoms with E-state index in [2.05, 4.69) is 4.98 Å². The maximum atomic E-state index is 12.4. The molecule has 1 heterocycles. The average molecular weight is 315 g/mol. The molecular formula is C16H13NO4S. The summed E-state index contributed by atoms with van der Waals surface area (Å²) in [7, 11) is -2.41. The van der Waals surface area contributed by atoms with Gasteiger partial charge in [0.2, 0.25) is 0 Å². The highest BCUT2D eigenvalue weighted by Gasteiger charge is 2.18. The quantitative estimate of drug-likeness (QED) is 0.692. The van der Waals surface area contributed by atoms with E-state index in [4.69, 9.17) is 8.92 Å². The molecule has 0 unspecified atom stereocenters. The molecule has 2 aromatic carbocycles. The zero-order valence-corrected chi connectivity index (χ0v) is 12.6. The zero-order chi connectivity index (χ0) is 15.6. The molecular weight excluding hydrogens is 302 g/mol. The molecule has 0 saturated carbocycles. The molecule has 0 radical (unpaired) electrons. The van der Waals surface area contributed by atoms with Crippen molar-refractivity contribution in [2.24, 2.45) is 0 Å². The third-order valence-electron chi connectivity index (χ3n) is 3.14. The van der Waals surface area contributed by atoms with Crippen molar-refractivity contribution in [3.05, 3.63) is 60.8 Å². The fraction of sp³-hybridized carbons (Fsp3) is 0.0625. The number of benzene rings is 2. The Balaban J connectivity index is 1.99. The minimum atomic E-state index is -3.93. The zero-order valence-electron chi connectivity index (χ0n) is 11.8. The topological polar surface area (TPSA) is 65.5 Å². The molecule has 0 aliphatic carbocycles. The second-order valence-corrected chi connectivity index (χ2v) is 6.09. The maximum Gasteiger partial charge on any atom is 0.339 e. The van der Waals surface area contributed by atoms with Crippen LogP contribution in [0, 0.1) is 0 Å². The van der Waals surface area contributed by atoms with Crippen molar-refractivity contribution in [3.63, 3.8) is 0 Å². The molecule has 1 aromatic heterocycles. The standard InChI is InChI=1S/C16H13NO4S/c1-20-13-7-9-14(10-8-13)22(18,19)21-15-6-2-4-12-5-3-11-17-16(12)15/h2-11H,1H3. The van der Waals surface area contributed by atoms with Crippen molar-refractivity contribution >= 4 is 21.0 Å². The first-order chi connectivity index (χ1) is 10.6. The van der Waals surface area contributed by atoms with Crippen LogP contribution in [0.15, 0.2) is 65.7 Å². The Bertz CT molecular complexity index is 900. The number of rotatable bonds is 4. The average Bonchev–Trinajstić information content (AvgIpc) is 2.55. The van der Waals surface area contributed by atoms with E-state index < -0.39 is 10.1 Å². The van der Waals surface area contributed by atoms with Crippen molar-refractivity contribution in [2.75, 3.05) is 7.11 Å². The van der Waals surface area contributed by atoms with Crippen LogP contribution in [-0.4, -0.2) is 20.5 Å². The minimum absolute atomic E-state index is 0.0567. The van der Waals surface area contributed by atoms with Gasteiger partial charge >= 0.3 is 10.1 Å². The lowest BCUT2D eigenvalue weighted by atomic mass is 10.2. The molecule has 0 amide bonds. The number of para-hydroxylation sites is 1. The summed E-state index contributed by atoms with van der Waals surface area (Å²) >= 11 is 0. The lowest BCUT2D eigenvalue weighted by Gasteiger charge is -2.09. The monoisotopic (exact) mass is 315 g/mol. The minimum Gasteiger partial charge on any atom is -0.497 e. The predicted octanol–water partition coefficient (Wildman–Crippen LogP) is 3.01. The molecule has 0 spiro atoms. The van der Waals surface area contributed by atoms with E-state index in [1.807, 2.05) is 12.1 Å². The van der Waals surface area contributed by atoms with Crippen LogP contribution in [-0.2, 0) is 10.1 Å². The number of methoxy groups -OCH3 is 1. The van der Waals surface area contributed by atoms with Gasteiger partial charge in [0.15, 0.2) is 5.75 Å². The number of ether oxygens (including phenoxy) is 1. The normalized spacial score (nSPS) is 11.3. The van der Waals surface area contributed by atoms with Gasteiger partial charge in [0.25, 0.3) is 0 Å². The van der Waals surface area contributed by atoms with Crippen LogP contribution < -0.4 is 8.92 Å². The molecule has 0 bridgehead atoms. The molecule has 22 heavy (non-hydrogen) atoms. The Hall–Kier alpha value is -2.60. The Kier molecular flexibility index (Phi) is 3.68. The van der Waals surface area contributed by atoms with Crippen LogP contribution in [0.4, 0.5) is 0 Å². The van der Waals surface area contributed by atoms with Gasteiger partial charge in [-0.2, -0.15) is 8.42 Å². The smallest absolute Gasteiger partial charge is 0.339 e. The first kappa shape index (κ1) is 14.3. The van der Waals surface area contributed by atoms with E-state index >= 15 is 0 Å². The third kappa shape index (κ3) is 2.73. The number of aromatic nitrogens is 1. The summed E-state index contributed by atoms with van der Waals surface area (Å²) < 4.78 is 35.0. The molecule has 0 aliphatic heterocycles. The fourth-order valence-electron chi connectivity index (χ4n) is 2.05. The van der Waals surface area contributed by atoms with Crippen LogP contribution in [0.1, 0.15) is 0 Å². The second-order valence-electron chi connectivity index (χ2n) is 4.54. The van der Waals surface area contributed by atoms with Gasteiger partial charge in [-0.05, 0) is 36.4 Å². The van der Waals surface area contributed by atoms with E-state index in [-0.39, 0.29) is 10.6 Å². The number of hydrogen-bond acceptors (Lipinski definition) is 5. The van der Waals surface area contributed by atoms with Gasteiger partial charge in [0.1, 0.15) is 16.2 Å². The molecule has 5 nitrogen and oxygen atoms in total. The van der Waals surface area contributed by atoms with Crippen LogP contribution in [0.25, 0.3) is 10.9 Å². The van der Waals surface area contributed by atoms with Crippen LogP contribution in [0.3, 0.4) is 0 Å². The fourth-order valence-corrected chi connectivity index (χ4v) is 2.99. The summed E-state index contributed by atoms with van der Waals surface area (Å²) in [6.07, 6.45) is 1.59. The van der Waals surface area contributed by atoms with E-state index in [1.165, 1.54) is 19.2 Å². The second kappa shape index (κ2) is 5.65. The predicted molar refractivity (Wildman–Crippen MR) is 82.6 cm³/mol. The lowest BCUT2D eigenvalue weighted by molar-refractivity contribution is 0.414. The highest BCUT2D eigenvalue weighted by atomic mass is 32.2. The maximum absolute atomic E-state index is 12.4. The van der Waals surface area contributed by atoms with Gasteiger partial charge in [-0.1, -0.05) is 18.2 Å². The molecule has 3 aromatic rings. The van der Waals surface area contributed by atoms with E-state index in [0.29, 0.717) is 11.3 Å². The lowest BCUT2D eigenvalue weighted by Crippen LogP contribution is -2.10. The molecule has 6 heteroatoms. The van der Waals surface area contributed by atoms with Crippen molar-refractivity contribution < 1.29 is 17.3 Å². The summed E-state index contributed by atoms with van der Waals surface area (Å²) in [4.78, 5) is 4.23. The van der Waals surface area contributed by atoms with E-state index in [9.17, 15) is 8.42 Å². The molecule has 0 aliphatic rings. The van der Waals surface area contributed by atoms with E-state index in [1.54, 1.807) is 36.5 Å². The van der Waals surface area contributed by atoms with Crippen LogP contribution >= 0.6 is 0 Å². The van der Waals surface area contributed by atoms with Crippen molar-refractivity contribution in [2.45, 2.75) is 4.90 Å². The molecule has 112 valence electrons. The van der Waals surface area contributed by atoms with Gasteiger partial charge in [0.05, 0.1) is 7.11 Å². The third-order valence-corrected chi connectivity index (χ3v) is 4.39. The number of hydrogen-bond donors (Lipinski definition) is 0. The molecule has 3 rings (SSSR count). The molecule has 0 saturated heterocycles. The Morgan fingerprint density at radius 1 is 0.955 bits per heavy atom. The van der Waals surface area contributed by atoms with Gasteiger partial charge in [-0.3, -0.25) is 4.98 Å². The van der Waals surface area contributed by atoms with Crippen molar-refractivity contribution in [1.82, 2.24) is 4.98 Å². The van der Waals surface area contributed by atoms with Gasteiger partial charge in [-0.15, -0.1) is 0 Å². The first-order valence-corrected chi connectivity index (χ1v) is 7.93. The van der Waals surface area contributed by atoms with Gasteiger partial charge < -0.3 is 8.92 Å². The first-order valence-electron chi connectivity index (χ1n) is 6.52. The number of fused-ring (bicyclic) bond motifs is 1. The highest BCUT2D eigenvalue weighted by Crippen LogP contribution is 2.26. The van der Waals surface area contributed by atoms with Gasteiger partial charge in [-0.25, -0.2) is 0 Å². The SMILES string of the molecule is COc1ccc(S(=O)(=O)Oc2cccc3cccnc23)cc1. The number of pyridine rings is 1. The van der Waals surface area contributed by atoms with Crippen molar-refractivity contribution in [1.29, 1.82) is 0 Å². The molecule has 0 fully saturated rings. The molecule has 0 atom stereocenters. The highest BCUT2D eigenvalue weighted by molar-refractivity contribution is 7.87.